The summed E-state index contributed by atoms with van der Waals surface area (Å²) in [5.41, 5.74) is 12.7. The van der Waals surface area contributed by atoms with Gasteiger partial charge in [0.25, 0.3) is 0 Å². The Hall–Kier alpha value is -5.28. The molecule has 0 aliphatic carbocycles. The predicted molar refractivity (Wildman–Crippen MR) is 242 cm³/mol. The molecule has 2 aromatic heterocycles. The minimum Gasteiger partial charge on any atom is -0.390 e. The van der Waals surface area contributed by atoms with E-state index in [0.717, 1.165) is 99.5 Å². The molecular weight excluding hydrogens is 758 g/mol. The molecule has 298 valence electrons. The average Bonchev–Trinajstić information content (AvgIpc) is 3.41. The quantitative estimate of drug-likeness (QED) is 0.172. The van der Waals surface area contributed by atoms with Crippen LogP contribution in [0.15, 0.2) is 114 Å². The molecule has 0 saturated heterocycles. The largest absolute Gasteiger partial charge is 0.453 e. The van der Waals surface area contributed by atoms with E-state index in [4.69, 9.17) is 25.8 Å². The van der Waals surface area contributed by atoms with Crippen LogP contribution in [0.2, 0.25) is 0 Å². The van der Waals surface area contributed by atoms with Gasteiger partial charge in [0.1, 0.15) is 33.8 Å². The van der Waals surface area contributed by atoms with Gasteiger partial charge in [-0.3, -0.25) is 0 Å². The molecule has 0 unspecified atom stereocenters. The van der Waals surface area contributed by atoms with Gasteiger partial charge in [0.2, 0.25) is 0 Å². The Bertz CT molecular complexity index is 2660. The average molecular weight is 811 g/mol. The second kappa shape index (κ2) is 14.8. The van der Waals surface area contributed by atoms with Crippen LogP contribution in [-0.4, -0.2) is 0 Å². The smallest absolute Gasteiger partial charge is 0.390 e. The molecule has 0 fully saturated rings. The summed E-state index contributed by atoms with van der Waals surface area (Å²) in [5, 5.41) is 4.09. The normalized spacial score (nSPS) is 12.1. The van der Waals surface area contributed by atoms with E-state index in [0.29, 0.717) is 11.5 Å². The summed E-state index contributed by atoms with van der Waals surface area (Å²) >= 11 is 0. The Morgan fingerprint density at radius 3 is 0.897 bits per heavy atom. The lowest BCUT2D eigenvalue weighted by Crippen LogP contribution is -2.15. The van der Waals surface area contributed by atoms with Crippen LogP contribution in [0.25, 0.3) is 55.0 Å². The third-order valence-corrected chi connectivity index (χ3v) is 13.1. The highest BCUT2D eigenvalue weighted by Gasteiger charge is 2.31. The van der Waals surface area contributed by atoms with Crippen LogP contribution in [0.1, 0.15) is 86.1 Å². The second-order valence-corrected chi connectivity index (χ2v) is 19.5. The molecular formula is C50H52O6P2. The molecule has 0 aliphatic heterocycles. The Kier molecular flexibility index (Phi) is 10.1. The second-order valence-electron chi connectivity index (χ2n) is 17.6. The van der Waals surface area contributed by atoms with Gasteiger partial charge in [0, 0.05) is 43.8 Å². The van der Waals surface area contributed by atoms with E-state index in [1.807, 2.05) is 48.5 Å². The van der Waals surface area contributed by atoms with E-state index >= 15 is 0 Å². The van der Waals surface area contributed by atoms with Crippen molar-refractivity contribution in [1.82, 2.24) is 0 Å². The van der Waals surface area contributed by atoms with Gasteiger partial charge in [-0.2, -0.15) is 0 Å². The van der Waals surface area contributed by atoms with Gasteiger partial charge in [-0.25, -0.2) is 0 Å². The Labute approximate surface area is 343 Å². The van der Waals surface area contributed by atoms with Crippen LogP contribution < -0.4 is 9.05 Å². The lowest BCUT2D eigenvalue weighted by atomic mass is 9.80. The fourth-order valence-electron chi connectivity index (χ4n) is 8.09. The summed E-state index contributed by atoms with van der Waals surface area (Å²) in [6.45, 7) is 25.9. The first-order valence-electron chi connectivity index (χ1n) is 19.9. The standard InChI is InChI=1S/C50H52O6P2/c1-29-17-13-21-37-41(29)42-30(2)18-14-22-38(42)52-57(51-37)55-47-35(49(7,8)9)27-25-33(5)45(47)46-34(6)26-28-36(50(10,11)12)48(46)56-58-53-39-23-15-19-31(3)43(39)44-32(4)20-16-24-40(44)54-58/h13-28H,1-12H3. The van der Waals surface area contributed by atoms with Crippen molar-refractivity contribution in [3.63, 3.8) is 0 Å². The molecule has 8 rings (SSSR count). The summed E-state index contributed by atoms with van der Waals surface area (Å²) in [6, 6.07) is 33.2. The van der Waals surface area contributed by atoms with Gasteiger partial charge < -0.3 is 25.8 Å². The number of hydrogen-bond donors (Lipinski definition) is 0. The zero-order valence-electron chi connectivity index (χ0n) is 35.6. The lowest BCUT2D eigenvalue weighted by Gasteiger charge is -2.28. The molecule has 0 spiro atoms. The van der Waals surface area contributed by atoms with Crippen molar-refractivity contribution in [2.24, 2.45) is 0 Å². The molecule has 6 aromatic carbocycles. The fourth-order valence-corrected chi connectivity index (χ4v) is 10.2. The molecule has 58 heavy (non-hydrogen) atoms. The zero-order valence-corrected chi connectivity index (χ0v) is 37.4. The van der Waals surface area contributed by atoms with E-state index in [9.17, 15) is 0 Å². The molecule has 0 aliphatic rings. The Morgan fingerprint density at radius 1 is 0.362 bits per heavy atom. The van der Waals surface area contributed by atoms with Crippen molar-refractivity contribution < 1.29 is 25.8 Å². The first-order chi connectivity index (χ1) is 27.5. The first-order valence-corrected chi connectivity index (χ1v) is 22.1. The van der Waals surface area contributed by atoms with E-state index in [2.05, 4.69) is 132 Å². The predicted octanol–water partition coefficient (Wildman–Crippen LogP) is 16.7. The topological polar surface area (TPSA) is 71.0 Å². The monoisotopic (exact) mass is 810 g/mol. The molecule has 6 nitrogen and oxygen atoms in total. The third kappa shape index (κ3) is 7.12. The number of aryl methyl sites for hydroxylation is 6. The molecule has 8 aromatic rings. The summed E-state index contributed by atoms with van der Waals surface area (Å²) in [5.74, 6) is 1.39. The summed E-state index contributed by atoms with van der Waals surface area (Å²) < 4.78 is 41.6. The highest BCUT2D eigenvalue weighted by molar-refractivity contribution is 7.32. The van der Waals surface area contributed by atoms with Gasteiger partial charge in [-0.1, -0.05) is 114 Å². The molecule has 0 N–H and O–H groups in total. The number of fused-ring (bicyclic) bond motifs is 6. The summed E-state index contributed by atoms with van der Waals surface area (Å²) in [6.07, 6.45) is 0. The van der Waals surface area contributed by atoms with E-state index in [1.54, 1.807) is 0 Å². The van der Waals surface area contributed by atoms with Gasteiger partial charge >= 0.3 is 16.5 Å². The number of benzene rings is 6. The maximum atomic E-state index is 7.23. The van der Waals surface area contributed by atoms with Crippen molar-refractivity contribution in [3.05, 3.63) is 142 Å². The van der Waals surface area contributed by atoms with Crippen LogP contribution in [0, 0.1) is 41.5 Å². The Morgan fingerprint density at radius 2 is 0.638 bits per heavy atom. The van der Waals surface area contributed by atoms with Crippen molar-refractivity contribution >= 4 is 60.4 Å². The van der Waals surface area contributed by atoms with Crippen LogP contribution in [-0.2, 0) is 10.8 Å². The zero-order chi connectivity index (χ0) is 41.3. The van der Waals surface area contributed by atoms with Crippen LogP contribution in [0.5, 0.6) is 11.5 Å². The maximum Gasteiger partial charge on any atom is 0.453 e. The van der Waals surface area contributed by atoms with Gasteiger partial charge in [-0.05, 0) is 110 Å². The van der Waals surface area contributed by atoms with Crippen molar-refractivity contribution in [2.45, 2.75) is 93.9 Å². The third-order valence-electron chi connectivity index (χ3n) is 11.1. The van der Waals surface area contributed by atoms with Crippen LogP contribution in [0.4, 0.5) is 0 Å². The first kappa shape index (κ1) is 39.5. The minimum atomic E-state index is -1.97. The van der Waals surface area contributed by atoms with Crippen molar-refractivity contribution in [3.8, 4) is 22.6 Å². The molecule has 2 heterocycles. The SMILES string of the molecule is Cc1ccc(C(C)(C)C)c(Op2oc3cccc(C)c3c3c(C)cccc3o2)c1-c1c(C)ccc(C(C)(C)C)c1Op1oc2cccc(C)c2c2c(C)cccc2o1. The molecule has 0 saturated carbocycles. The minimum absolute atomic E-state index is 0.306. The van der Waals surface area contributed by atoms with Crippen molar-refractivity contribution in [1.29, 1.82) is 0 Å². The van der Waals surface area contributed by atoms with Gasteiger partial charge in [0.15, 0.2) is 0 Å². The summed E-state index contributed by atoms with van der Waals surface area (Å²) in [4.78, 5) is 0. The highest BCUT2D eigenvalue weighted by atomic mass is 31.1. The van der Waals surface area contributed by atoms with Crippen molar-refractivity contribution in [2.75, 3.05) is 0 Å². The molecule has 0 radical (unpaired) electrons. The molecule has 0 bridgehead atoms. The summed E-state index contributed by atoms with van der Waals surface area (Å²) in [7, 11) is -3.95. The van der Waals surface area contributed by atoms with E-state index < -0.39 is 16.5 Å². The Balaban J connectivity index is 1.44. The van der Waals surface area contributed by atoms with Gasteiger partial charge in [-0.15, -0.1) is 0 Å². The van der Waals surface area contributed by atoms with Gasteiger partial charge in [0.05, 0.1) is 0 Å². The number of hydrogen-bond acceptors (Lipinski definition) is 6. The lowest BCUT2D eigenvalue weighted by molar-refractivity contribution is 0.473. The van der Waals surface area contributed by atoms with Crippen LogP contribution in [0.3, 0.4) is 0 Å². The molecule has 0 atom stereocenters. The maximum absolute atomic E-state index is 7.23. The molecule has 8 heteroatoms. The highest BCUT2D eigenvalue weighted by Crippen LogP contribution is 2.53. The molecule has 0 amide bonds. The number of rotatable bonds is 5. The van der Waals surface area contributed by atoms with E-state index in [1.165, 1.54) is 0 Å². The van der Waals surface area contributed by atoms with E-state index in [-0.39, 0.29) is 10.8 Å². The fraction of sp³-hybridized carbons (Fsp3) is 0.280. The van der Waals surface area contributed by atoms with Crippen LogP contribution >= 0.6 is 16.5 Å².